The maximum atomic E-state index is 12.3. The van der Waals surface area contributed by atoms with Crippen molar-refractivity contribution in [2.75, 3.05) is 5.32 Å². The highest BCUT2D eigenvalue weighted by Gasteiger charge is 2.17. The van der Waals surface area contributed by atoms with Gasteiger partial charge in [0, 0.05) is 4.90 Å². The topological polar surface area (TPSA) is 83.0 Å². The molecule has 0 aliphatic carbocycles. The Bertz CT molecular complexity index is 883. The first-order valence-electron chi connectivity index (χ1n) is 6.93. The fourth-order valence-corrected chi connectivity index (χ4v) is 2.98. The van der Waals surface area contributed by atoms with Crippen LogP contribution in [-0.2, 0) is 4.79 Å². The van der Waals surface area contributed by atoms with Crippen LogP contribution in [0.1, 0.15) is 5.56 Å². The molecule has 2 aromatic heterocycles. The number of benzene rings is 1. The van der Waals surface area contributed by atoms with Gasteiger partial charge in [-0.25, -0.2) is 4.98 Å². The first-order chi connectivity index (χ1) is 11.3. The first-order valence-corrected chi connectivity index (χ1v) is 7.75. The highest BCUT2D eigenvalue weighted by Crippen LogP contribution is 2.28. The van der Waals surface area contributed by atoms with Gasteiger partial charge in [-0.3, -0.25) is 10.1 Å². The van der Waals surface area contributed by atoms with Gasteiger partial charge in [0.15, 0.2) is 5.76 Å². The molecule has 0 spiro atoms. The number of anilines is 1. The molecule has 0 radical (unpaired) electrons. The fraction of sp³-hybridized carbons (Fsp3) is 0. The molecule has 3 N–H and O–H groups in total. The Morgan fingerprint density at radius 2 is 2.13 bits per heavy atom. The summed E-state index contributed by atoms with van der Waals surface area (Å²) in [4.78, 5) is 20.6. The molecule has 0 saturated carbocycles. The number of aromatic nitrogens is 2. The van der Waals surface area contributed by atoms with E-state index in [-0.39, 0.29) is 5.91 Å². The molecule has 1 amide bonds. The van der Waals surface area contributed by atoms with E-state index in [1.54, 1.807) is 18.5 Å². The monoisotopic (exact) mass is 324 g/mol. The van der Waals surface area contributed by atoms with Crippen LogP contribution in [0.5, 0.6) is 0 Å². The van der Waals surface area contributed by atoms with E-state index in [0.29, 0.717) is 23.1 Å². The minimum Gasteiger partial charge on any atom is -0.463 e. The number of fused-ring (bicyclic) bond motifs is 1. The van der Waals surface area contributed by atoms with Crippen molar-refractivity contribution in [2.45, 2.75) is 4.90 Å². The van der Waals surface area contributed by atoms with E-state index in [1.165, 1.54) is 11.9 Å². The van der Waals surface area contributed by atoms with Gasteiger partial charge < -0.3 is 14.1 Å². The van der Waals surface area contributed by atoms with E-state index >= 15 is 0 Å². The molecule has 1 aliphatic heterocycles. The van der Waals surface area contributed by atoms with Crippen LogP contribution in [0.4, 0.5) is 5.95 Å². The van der Waals surface area contributed by atoms with Crippen molar-refractivity contribution < 1.29 is 9.21 Å². The van der Waals surface area contributed by atoms with Crippen LogP contribution in [0.15, 0.2) is 63.9 Å². The van der Waals surface area contributed by atoms with Crippen LogP contribution in [0.25, 0.3) is 17.5 Å². The number of nitrogens with one attached hydrogen (secondary N) is 3. The number of carbonyl (C=O) groups is 1. The number of H-pyrrole nitrogens is 1. The smallest absolute Gasteiger partial charge is 0.274 e. The Labute approximate surface area is 136 Å². The van der Waals surface area contributed by atoms with Gasteiger partial charge in [-0.1, -0.05) is 18.2 Å². The van der Waals surface area contributed by atoms with Crippen LogP contribution in [0.2, 0.25) is 0 Å². The largest absolute Gasteiger partial charge is 0.463 e. The summed E-state index contributed by atoms with van der Waals surface area (Å²) >= 11 is 1.41. The van der Waals surface area contributed by atoms with Crippen molar-refractivity contribution in [3.05, 3.63) is 60.1 Å². The summed E-state index contributed by atoms with van der Waals surface area (Å²) in [5, 5.41) is 2.73. The van der Waals surface area contributed by atoms with Crippen LogP contribution in [0, 0.1) is 0 Å². The fourth-order valence-electron chi connectivity index (χ4n) is 2.22. The molecule has 7 heteroatoms. The van der Waals surface area contributed by atoms with E-state index in [9.17, 15) is 4.79 Å². The minimum atomic E-state index is -0.257. The Kier molecular flexibility index (Phi) is 3.39. The molecule has 1 aromatic carbocycles. The van der Waals surface area contributed by atoms with Gasteiger partial charge >= 0.3 is 0 Å². The molecule has 114 valence electrons. The number of imidazole rings is 1. The normalized spacial score (nSPS) is 13.0. The Balaban J connectivity index is 1.52. The maximum Gasteiger partial charge on any atom is 0.274 e. The lowest BCUT2D eigenvalue weighted by atomic mass is 10.2. The van der Waals surface area contributed by atoms with E-state index in [4.69, 9.17) is 4.42 Å². The summed E-state index contributed by atoms with van der Waals surface area (Å²) in [5.74, 6) is 0.776. The predicted octanol–water partition coefficient (Wildman–Crippen LogP) is 3.26. The Hall–Kier alpha value is -2.93. The van der Waals surface area contributed by atoms with Gasteiger partial charge in [-0.2, -0.15) is 0 Å². The molecule has 3 aromatic rings. The predicted molar refractivity (Wildman–Crippen MR) is 88.3 cm³/mol. The van der Waals surface area contributed by atoms with E-state index in [1.807, 2.05) is 36.4 Å². The number of carbonyl (C=O) groups excluding carboxylic acids is 1. The second-order valence-corrected chi connectivity index (χ2v) is 5.72. The van der Waals surface area contributed by atoms with E-state index < -0.39 is 0 Å². The summed E-state index contributed by atoms with van der Waals surface area (Å²) < 4.78 is 8.32. The van der Waals surface area contributed by atoms with E-state index in [0.717, 1.165) is 10.5 Å². The number of nitrogens with zero attached hydrogens (tertiary/aromatic N) is 1. The lowest BCUT2D eigenvalue weighted by Crippen LogP contribution is -2.23. The molecule has 4 rings (SSSR count). The molecule has 0 bridgehead atoms. The second-order valence-electron chi connectivity index (χ2n) is 4.88. The average Bonchev–Trinajstić information content (AvgIpc) is 3.25. The van der Waals surface area contributed by atoms with Crippen molar-refractivity contribution in [1.82, 2.24) is 14.7 Å². The average molecular weight is 324 g/mol. The second kappa shape index (κ2) is 5.69. The molecule has 0 atom stereocenters. The van der Waals surface area contributed by atoms with Gasteiger partial charge in [-0.15, -0.1) is 0 Å². The third-order valence-electron chi connectivity index (χ3n) is 3.33. The van der Waals surface area contributed by atoms with Gasteiger partial charge in [0.05, 0.1) is 12.5 Å². The lowest BCUT2D eigenvalue weighted by molar-refractivity contribution is -0.113. The highest BCUT2D eigenvalue weighted by molar-refractivity contribution is 7.97. The van der Waals surface area contributed by atoms with Crippen molar-refractivity contribution in [3.63, 3.8) is 0 Å². The molecule has 0 unspecified atom stereocenters. The molecule has 1 aliphatic rings. The molecular weight excluding hydrogens is 312 g/mol. The molecule has 0 saturated heterocycles. The van der Waals surface area contributed by atoms with E-state index in [2.05, 4.69) is 20.0 Å². The van der Waals surface area contributed by atoms with Crippen molar-refractivity contribution in [1.29, 1.82) is 0 Å². The van der Waals surface area contributed by atoms with Gasteiger partial charge in [-0.05, 0) is 41.8 Å². The van der Waals surface area contributed by atoms with Crippen LogP contribution >= 0.6 is 11.9 Å². The number of aromatic amines is 1. The highest BCUT2D eigenvalue weighted by atomic mass is 32.2. The number of amides is 1. The number of hydrogen-bond acceptors (Lipinski definition) is 5. The zero-order valence-corrected chi connectivity index (χ0v) is 12.7. The summed E-state index contributed by atoms with van der Waals surface area (Å²) in [6.07, 6.45) is 5.01. The quantitative estimate of drug-likeness (QED) is 0.644. The summed E-state index contributed by atoms with van der Waals surface area (Å²) in [6, 6.07) is 11.5. The third kappa shape index (κ3) is 2.74. The van der Waals surface area contributed by atoms with Crippen molar-refractivity contribution >= 4 is 29.9 Å². The number of furan rings is 1. The molecule has 0 fully saturated rings. The summed E-state index contributed by atoms with van der Waals surface area (Å²) in [5.41, 5.74) is 2.19. The summed E-state index contributed by atoms with van der Waals surface area (Å²) in [6.45, 7) is 0. The zero-order chi connectivity index (χ0) is 15.6. The molecule has 3 heterocycles. The minimum absolute atomic E-state index is 0.257. The lowest BCUT2D eigenvalue weighted by Gasteiger charge is -2.16. The molecule has 23 heavy (non-hydrogen) atoms. The molecule has 6 nitrogen and oxygen atoms in total. The Morgan fingerprint density at radius 3 is 3.00 bits per heavy atom. The van der Waals surface area contributed by atoms with Crippen LogP contribution in [-0.4, -0.2) is 15.9 Å². The maximum absolute atomic E-state index is 12.3. The zero-order valence-electron chi connectivity index (χ0n) is 11.9. The van der Waals surface area contributed by atoms with Crippen LogP contribution < -0.4 is 10.0 Å². The SMILES string of the molecule is O=C(Nc1ncc(-c2ccco2)[nH]1)C1=Cc2ccccc2SN1. The van der Waals surface area contributed by atoms with Gasteiger partial charge in [0.2, 0.25) is 5.95 Å². The Morgan fingerprint density at radius 1 is 1.22 bits per heavy atom. The van der Waals surface area contributed by atoms with Gasteiger partial charge in [0.25, 0.3) is 5.91 Å². The van der Waals surface area contributed by atoms with Crippen LogP contribution in [0.3, 0.4) is 0 Å². The third-order valence-corrected chi connectivity index (χ3v) is 4.24. The van der Waals surface area contributed by atoms with Crippen molar-refractivity contribution in [2.24, 2.45) is 0 Å². The molecular formula is C16H12N4O2S. The standard InChI is InChI=1S/C16H12N4O2S/c21-15(11-8-10-4-1-2-6-14(10)23-20-11)19-16-17-9-12(18-16)13-5-3-7-22-13/h1-9,20H,(H2,17,18,19,21). The van der Waals surface area contributed by atoms with Crippen molar-refractivity contribution in [3.8, 4) is 11.5 Å². The number of rotatable bonds is 3. The summed E-state index contributed by atoms with van der Waals surface area (Å²) in [7, 11) is 0. The first kappa shape index (κ1) is 13.7. The number of hydrogen-bond donors (Lipinski definition) is 3. The van der Waals surface area contributed by atoms with Gasteiger partial charge in [0.1, 0.15) is 11.4 Å².